The largest absolute Gasteiger partial charge is 0.573 e. The number of fused-ring (bicyclic) bond motifs is 1. The van der Waals surface area contributed by atoms with Crippen molar-refractivity contribution in [2.75, 3.05) is 5.75 Å². The minimum absolute atomic E-state index is 0.0296. The Morgan fingerprint density at radius 3 is 2.84 bits per heavy atom. The van der Waals surface area contributed by atoms with Crippen LogP contribution in [0.15, 0.2) is 40.5 Å². The van der Waals surface area contributed by atoms with Gasteiger partial charge in [-0.05, 0) is 42.7 Å². The zero-order chi connectivity index (χ0) is 17.6. The first kappa shape index (κ1) is 16.7. The molecule has 0 bridgehead atoms. The molecule has 3 nitrogen and oxygen atoms in total. The molecule has 0 radical (unpaired) electrons. The van der Waals surface area contributed by atoms with Crippen LogP contribution in [0.2, 0.25) is 0 Å². The van der Waals surface area contributed by atoms with Crippen molar-refractivity contribution in [3.05, 3.63) is 41.1 Å². The number of ether oxygens (including phenoxy) is 1. The molecule has 1 aromatic carbocycles. The van der Waals surface area contributed by atoms with E-state index in [0.29, 0.717) is 17.6 Å². The lowest BCUT2D eigenvalue weighted by atomic mass is 9.77. The summed E-state index contributed by atoms with van der Waals surface area (Å²) in [6, 6.07) is 6.03. The van der Waals surface area contributed by atoms with Crippen molar-refractivity contribution >= 4 is 23.3 Å². The minimum atomic E-state index is -4.73. The fourth-order valence-electron chi connectivity index (χ4n) is 3.82. The van der Waals surface area contributed by atoms with Crippen molar-refractivity contribution < 1.29 is 22.7 Å². The Morgan fingerprint density at radius 1 is 1.20 bits per heavy atom. The summed E-state index contributed by atoms with van der Waals surface area (Å²) in [4.78, 5) is 17.3. The van der Waals surface area contributed by atoms with Crippen molar-refractivity contribution in [2.45, 2.75) is 43.2 Å². The molecule has 0 spiro atoms. The number of carbonyl (C=O) groups is 1. The van der Waals surface area contributed by atoms with Crippen LogP contribution in [-0.4, -0.2) is 28.9 Å². The fourth-order valence-corrected chi connectivity index (χ4v) is 5.25. The smallest absolute Gasteiger partial charge is 0.406 e. The summed E-state index contributed by atoms with van der Waals surface area (Å²) in [5, 5.41) is 0.0296. The number of hydrogen-bond donors (Lipinski definition) is 0. The molecule has 132 valence electrons. The summed E-state index contributed by atoms with van der Waals surface area (Å²) in [5.41, 5.74) is 3.28. The van der Waals surface area contributed by atoms with Gasteiger partial charge < -0.3 is 4.74 Å². The average Bonchev–Trinajstić information content (AvgIpc) is 2.99. The van der Waals surface area contributed by atoms with Gasteiger partial charge in [-0.25, -0.2) is 0 Å². The van der Waals surface area contributed by atoms with E-state index in [-0.39, 0.29) is 22.7 Å². The van der Waals surface area contributed by atoms with Gasteiger partial charge in [-0.15, -0.1) is 13.2 Å². The number of thioether (sulfide) groups is 1. The van der Waals surface area contributed by atoms with E-state index < -0.39 is 6.36 Å². The van der Waals surface area contributed by atoms with Crippen LogP contribution in [0.1, 0.15) is 37.2 Å². The van der Waals surface area contributed by atoms with Crippen LogP contribution in [0.25, 0.3) is 0 Å². The van der Waals surface area contributed by atoms with E-state index in [2.05, 4.69) is 4.74 Å². The van der Waals surface area contributed by atoms with E-state index in [4.69, 9.17) is 4.99 Å². The van der Waals surface area contributed by atoms with Gasteiger partial charge in [0, 0.05) is 29.3 Å². The maximum atomic E-state index is 12.6. The predicted molar refractivity (Wildman–Crippen MR) is 90.0 cm³/mol. The van der Waals surface area contributed by atoms with Crippen LogP contribution in [0.5, 0.6) is 5.75 Å². The molecule has 1 aliphatic carbocycles. The van der Waals surface area contributed by atoms with Crippen LogP contribution < -0.4 is 4.74 Å². The Kier molecular flexibility index (Phi) is 4.14. The van der Waals surface area contributed by atoms with E-state index in [1.165, 1.54) is 12.1 Å². The molecule has 1 fully saturated rings. The van der Waals surface area contributed by atoms with E-state index in [1.807, 2.05) is 0 Å². The molecule has 4 rings (SSSR count). The van der Waals surface area contributed by atoms with E-state index >= 15 is 0 Å². The van der Waals surface area contributed by atoms with E-state index in [1.54, 1.807) is 23.9 Å². The Morgan fingerprint density at radius 2 is 2.04 bits per heavy atom. The van der Waals surface area contributed by atoms with Crippen LogP contribution in [0.4, 0.5) is 13.2 Å². The van der Waals surface area contributed by atoms with Crippen LogP contribution in [0.3, 0.4) is 0 Å². The maximum absolute atomic E-state index is 12.6. The highest BCUT2D eigenvalue weighted by Crippen LogP contribution is 2.48. The van der Waals surface area contributed by atoms with Gasteiger partial charge in [-0.1, -0.05) is 12.1 Å². The molecule has 2 unspecified atom stereocenters. The van der Waals surface area contributed by atoms with Gasteiger partial charge in [0.25, 0.3) is 0 Å². The summed E-state index contributed by atoms with van der Waals surface area (Å²) in [7, 11) is 0. The second-order valence-electron chi connectivity index (χ2n) is 6.38. The summed E-state index contributed by atoms with van der Waals surface area (Å²) in [6.07, 6.45) is -1.83. The lowest BCUT2D eigenvalue weighted by Crippen LogP contribution is -2.32. The standard InChI is InChI=1S/C18H16F3NO2S/c19-18(20,21)24-11-4-1-3-10(9-11)15-16-12(5-2-6-14(16)23)22-13-7-8-25-17(13)15/h1,3-4,9,15,17H,2,5-8H2. The zero-order valence-corrected chi connectivity index (χ0v) is 14.1. The molecule has 0 amide bonds. The van der Waals surface area contributed by atoms with Crippen LogP contribution in [-0.2, 0) is 4.79 Å². The monoisotopic (exact) mass is 367 g/mol. The number of aliphatic imine (C=N–C) groups is 1. The second kappa shape index (κ2) is 6.20. The predicted octanol–water partition coefficient (Wildman–Crippen LogP) is 4.64. The topological polar surface area (TPSA) is 38.7 Å². The molecule has 7 heteroatoms. The Balaban J connectivity index is 1.77. The summed E-state index contributed by atoms with van der Waals surface area (Å²) in [5.74, 6) is 0.513. The molecule has 1 aromatic rings. The third kappa shape index (κ3) is 3.21. The van der Waals surface area contributed by atoms with Crippen molar-refractivity contribution in [3.63, 3.8) is 0 Å². The highest BCUT2D eigenvalue weighted by molar-refractivity contribution is 8.01. The number of Topliss-reactive ketones (excluding diaryl/α,β-unsaturated/α-hetero) is 1. The summed E-state index contributed by atoms with van der Waals surface area (Å²) >= 11 is 1.73. The number of alkyl halides is 3. The number of ketones is 1. The van der Waals surface area contributed by atoms with Gasteiger partial charge >= 0.3 is 6.36 Å². The first-order valence-corrected chi connectivity index (χ1v) is 9.28. The Bertz CT molecular complexity index is 785. The molecule has 1 saturated heterocycles. The molecular formula is C18H16F3NO2S. The highest BCUT2D eigenvalue weighted by Gasteiger charge is 2.42. The zero-order valence-electron chi connectivity index (χ0n) is 13.3. The second-order valence-corrected chi connectivity index (χ2v) is 7.63. The number of benzene rings is 1. The third-order valence-electron chi connectivity index (χ3n) is 4.76. The average molecular weight is 367 g/mol. The van der Waals surface area contributed by atoms with Crippen molar-refractivity contribution in [1.29, 1.82) is 0 Å². The lowest BCUT2D eigenvalue weighted by Gasteiger charge is -2.33. The Hall–Kier alpha value is -1.76. The highest BCUT2D eigenvalue weighted by atomic mass is 32.2. The number of halogens is 3. The quantitative estimate of drug-likeness (QED) is 0.765. The maximum Gasteiger partial charge on any atom is 0.573 e. The SMILES string of the molecule is O=C1CCCC2=C1C(c1cccc(OC(F)(F)F)c1)C1SCCC1=N2. The number of allylic oxidation sites excluding steroid dienone is 2. The minimum Gasteiger partial charge on any atom is -0.406 e. The number of rotatable bonds is 2. The normalized spacial score (nSPS) is 26.2. The van der Waals surface area contributed by atoms with Crippen LogP contribution in [0, 0.1) is 0 Å². The molecule has 2 heterocycles. The first-order chi connectivity index (χ1) is 11.9. The van der Waals surface area contributed by atoms with Gasteiger partial charge in [0.15, 0.2) is 5.78 Å². The van der Waals surface area contributed by atoms with Gasteiger partial charge in [0.2, 0.25) is 0 Å². The molecule has 2 atom stereocenters. The summed E-state index contributed by atoms with van der Waals surface area (Å²) in [6.45, 7) is 0. The van der Waals surface area contributed by atoms with Crippen molar-refractivity contribution in [2.24, 2.45) is 4.99 Å². The molecular weight excluding hydrogens is 351 g/mol. The Labute approximate surface area is 147 Å². The molecule has 25 heavy (non-hydrogen) atoms. The molecule has 3 aliphatic rings. The van der Waals surface area contributed by atoms with E-state index in [9.17, 15) is 18.0 Å². The first-order valence-electron chi connectivity index (χ1n) is 8.23. The van der Waals surface area contributed by atoms with Gasteiger partial charge in [-0.2, -0.15) is 11.8 Å². The van der Waals surface area contributed by atoms with Gasteiger partial charge in [0.05, 0.1) is 5.25 Å². The lowest BCUT2D eigenvalue weighted by molar-refractivity contribution is -0.274. The number of hydrogen-bond acceptors (Lipinski definition) is 4. The van der Waals surface area contributed by atoms with Gasteiger partial charge in [-0.3, -0.25) is 9.79 Å². The van der Waals surface area contributed by atoms with E-state index in [0.717, 1.165) is 36.4 Å². The van der Waals surface area contributed by atoms with Crippen molar-refractivity contribution in [3.8, 4) is 5.75 Å². The third-order valence-corrected chi connectivity index (χ3v) is 6.10. The molecule has 0 N–H and O–H groups in total. The number of nitrogens with zero attached hydrogens (tertiary/aromatic N) is 1. The van der Waals surface area contributed by atoms with Gasteiger partial charge in [0.1, 0.15) is 5.75 Å². The summed E-state index contributed by atoms with van der Waals surface area (Å²) < 4.78 is 41.7. The molecule has 0 aromatic heterocycles. The molecule has 2 aliphatic heterocycles. The van der Waals surface area contributed by atoms with Crippen molar-refractivity contribution in [1.82, 2.24) is 0 Å². The molecule has 0 saturated carbocycles. The fraction of sp³-hybridized carbons (Fsp3) is 0.444. The van der Waals surface area contributed by atoms with Crippen LogP contribution >= 0.6 is 11.8 Å². The number of carbonyl (C=O) groups excluding carboxylic acids is 1.